The number of anilines is 1. The van der Waals surface area contributed by atoms with E-state index in [4.69, 9.17) is 10.5 Å². The Hall–Kier alpha value is -3.39. The van der Waals surface area contributed by atoms with Crippen molar-refractivity contribution in [3.63, 3.8) is 0 Å². The summed E-state index contributed by atoms with van der Waals surface area (Å²) in [4.78, 5) is 20.2. The lowest BCUT2D eigenvalue weighted by Gasteiger charge is -2.12. The standard InChI is InChI=1S/C20H20N6O2/c21-18-6-14-16(9-22-17(14)10-23-18)11-4-12-7-25-26-19(12)15(5-11)20(27)24-8-13-2-1-3-28-13/h4-7,9-10,13,22H,1-3,8H2,(H2,21,23)(H,24,27)(H,25,26)/t13-/m1/s1. The molecule has 5 N–H and O–H groups in total. The molecule has 1 aliphatic heterocycles. The summed E-state index contributed by atoms with van der Waals surface area (Å²) in [6, 6.07) is 5.72. The van der Waals surface area contributed by atoms with Crippen molar-refractivity contribution in [1.29, 1.82) is 0 Å². The van der Waals surface area contributed by atoms with Gasteiger partial charge in [-0.1, -0.05) is 0 Å². The van der Waals surface area contributed by atoms with E-state index in [1.165, 1.54) is 0 Å². The molecule has 8 nitrogen and oxygen atoms in total. The summed E-state index contributed by atoms with van der Waals surface area (Å²) in [5.41, 5.74) is 9.90. The van der Waals surface area contributed by atoms with Crippen LogP contribution in [-0.4, -0.2) is 45.3 Å². The zero-order valence-electron chi connectivity index (χ0n) is 15.2. The Morgan fingerprint density at radius 2 is 2.25 bits per heavy atom. The summed E-state index contributed by atoms with van der Waals surface area (Å²) in [5.74, 6) is 0.305. The molecule has 5 rings (SSSR count). The van der Waals surface area contributed by atoms with E-state index < -0.39 is 0 Å². The van der Waals surface area contributed by atoms with Crippen molar-refractivity contribution in [2.75, 3.05) is 18.9 Å². The molecule has 28 heavy (non-hydrogen) atoms. The molecule has 1 atom stereocenters. The molecule has 4 heterocycles. The fourth-order valence-electron chi connectivity index (χ4n) is 3.78. The fraction of sp³-hybridized carbons (Fsp3) is 0.250. The van der Waals surface area contributed by atoms with Crippen LogP contribution in [0.15, 0.2) is 36.8 Å². The van der Waals surface area contributed by atoms with Crippen molar-refractivity contribution >= 4 is 33.5 Å². The molecule has 0 bridgehead atoms. The van der Waals surface area contributed by atoms with Crippen molar-refractivity contribution in [3.05, 3.63) is 42.4 Å². The number of carbonyl (C=O) groups is 1. The predicted molar refractivity (Wildman–Crippen MR) is 107 cm³/mol. The Bertz CT molecular complexity index is 1170. The minimum atomic E-state index is -0.146. The zero-order chi connectivity index (χ0) is 19.1. The first-order valence-corrected chi connectivity index (χ1v) is 9.29. The highest BCUT2D eigenvalue weighted by atomic mass is 16.5. The van der Waals surface area contributed by atoms with Crippen molar-refractivity contribution in [2.24, 2.45) is 0 Å². The molecule has 0 spiro atoms. The minimum absolute atomic E-state index is 0.0912. The van der Waals surface area contributed by atoms with E-state index in [1.807, 2.05) is 24.4 Å². The fourth-order valence-corrected chi connectivity index (χ4v) is 3.78. The molecule has 1 aliphatic rings. The summed E-state index contributed by atoms with van der Waals surface area (Å²) in [6.45, 7) is 1.27. The van der Waals surface area contributed by atoms with Gasteiger partial charge in [-0.3, -0.25) is 9.89 Å². The Kier molecular flexibility index (Phi) is 3.98. The first-order valence-electron chi connectivity index (χ1n) is 9.29. The van der Waals surface area contributed by atoms with Gasteiger partial charge in [-0.15, -0.1) is 0 Å². The molecular formula is C20H20N6O2. The van der Waals surface area contributed by atoms with E-state index in [0.717, 1.165) is 52.4 Å². The van der Waals surface area contributed by atoms with Gasteiger partial charge in [-0.25, -0.2) is 4.98 Å². The molecule has 0 radical (unpaired) electrons. The molecule has 8 heteroatoms. The van der Waals surface area contributed by atoms with Gasteiger partial charge in [0.15, 0.2) is 0 Å². The Balaban J connectivity index is 1.55. The largest absolute Gasteiger partial charge is 0.384 e. The molecule has 1 aromatic carbocycles. The van der Waals surface area contributed by atoms with Crippen LogP contribution in [0, 0.1) is 0 Å². The van der Waals surface area contributed by atoms with Crippen LogP contribution in [0.2, 0.25) is 0 Å². The van der Waals surface area contributed by atoms with Crippen LogP contribution in [0.4, 0.5) is 5.82 Å². The number of H-pyrrole nitrogens is 2. The summed E-state index contributed by atoms with van der Waals surface area (Å²) in [5, 5.41) is 11.9. The number of nitrogens with one attached hydrogen (secondary N) is 3. The van der Waals surface area contributed by atoms with E-state index in [1.54, 1.807) is 12.4 Å². The average Bonchev–Trinajstić information content (AvgIpc) is 3.44. The van der Waals surface area contributed by atoms with Crippen LogP contribution < -0.4 is 11.1 Å². The molecule has 1 saturated heterocycles. The molecular weight excluding hydrogens is 356 g/mol. The van der Waals surface area contributed by atoms with Crippen molar-refractivity contribution in [3.8, 4) is 11.1 Å². The number of pyridine rings is 1. The Morgan fingerprint density at radius 3 is 3.11 bits per heavy atom. The van der Waals surface area contributed by atoms with Crippen molar-refractivity contribution in [2.45, 2.75) is 18.9 Å². The summed E-state index contributed by atoms with van der Waals surface area (Å²) in [6.07, 6.45) is 7.44. The van der Waals surface area contributed by atoms with Gasteiger partial charge in [-0.05, 0) is 36.6 Å². The van der Waals surface area contributed by atoms with Crippen molar-refractivity contribution < 1.29 is 9.53 Å². The molecule has 4 aromatic rings. The molecule has 3 aromatic heterocycles. The van der Waals surface area contributed by atoms with Crippen LogP contribution >= 0.6 is 0 Å². The lowest BCUT2D eigenvalue weighted by molar-refractivity contribution is 0.0859. The number of carbonyl (C=O) groups excluding carboxylic acids is 1. The second-order valence-electron chi connectivity index (χ2n) is 7.06. The number of amides is 1. The molecule has 0 saturated carbocycles. The van der Waals surface area contributed by atoms with E-state index in [2.05, 4.69) is 25.5 Å². The van der Waals surface area contributed by atoms with E-state index in [-0.39, 0.29) is 12.0 Å². The van der Waals surface area contributed by atoms with Gasteiger partial charge in [0, 0.05) is 35.7 Å². The highest BCUT2D eigenvalue weighted by molar-refractivity contribution is 6.08. The zero-order valence-corrected chi connectivity index (χ0v) is 15.2. The smallest absolute Gasteiger partial charge is 0.253 e. The van der Waals surface area contributed by atoms with Gasteiger partial charge in [-0.2, -0.15) is 5.10 Å². The molecule has 0 unspecified atom stereocenters. The Morgan fingerprint density at radius 1 is 1.32 bits per heavy atom. The maximum atomic E-state index is 12.9. The number of hydrogen-bond acceptors (Lipinski definition) is 5. The predicted octanol–water partition coefficient (Wildman–Crippen LogP) is 2.60. The third-order valence-corrected chi connectivity index (χ3v) is 5.21. The van der Waals surface area contributed by atoms with Gasteiger partial charge in [0.05, 0.1) is 35.1 Å². The minimum Gasteiger partial charge on any atom is -0.384 e. The number of nitrogens with zero attached hydrogens (tertiary/aromatic N) is 2. The average molecular weight is 376 g/mol. The maximum Gasteiger partial charge on any atom is 0.253 e. The highest BCUT2D eigenvalue weighted by Gasteiger charge is 2.19. The number of aromatic nitrogens is 4. The molecule has 1 fully saturated rings. The second kappa shape index (κ2) is 6.65. The van der Waals surface area contributed by atoms with E-state index in [9.17, 15) is 4.79 Å². The number of rotatable bonds is 4. The van der Waals surface area contributed by atoms with Gasteiger partial charge in [0.2, 0.25) is 0 Å². The number of nitrogens with two attached hydrogens (primary N) is 1. The first kappa shape index (κ1) is 16.8. The third kappa shape index (κ3) is 2.87. The maximum absolute atomic E-state index is 12.9. The van der Waals surface area contributed by atoms with Crippen LogP contribution in [0.5, 0.6) is 0 Å². The van der Waals surface area contributed by atoms with Crippen LogP contribution in [-0.2, 0) is 4.74 Å². The van der Waals surface area contributed by atoms with E-state index >= 15 is 0 Å². The number of aromatic amines is 2. The SMILES string of the molecule is Nc1cc2c(-c3cc(C(=O)NC[C@H]4CCCO4)c4[nH]ncc4c3)c[nH]c2cn1. The lowest BCUT2D eigenvalue weighted by atomic mass is 10.00. The van der Waals surface area contributed by atoms with Crippen LogP contribution in [0.1, 0.15) is 23.2 Å². The van der Waals surface area contributed by atoms with Crippen LogP contribution in [0.3, 0.4) is 0 Å². The monoisotopic (exact) mass is 376 g/mol. The van der Waals surface area contributed by atoms with Gasteiger partial charge in [0.1, 0.15) is 5.82 Å². The summed E-state index contributed by atoms with van der Waals surface area (Å²) >= 11 is 0. The number of fused-ring (bicyclic) bond motifs is 2. The van der Waals surface area contributed by atoms with E-state index in [0.29, 0.717) is 17.9 Å². The first-order chi connectivity index (χ1) is 13.7. The molecule has 0 aliphatic carbocycles. The van der Waals surface area contributed by atoms with Crippen LogP contribution in [0.25, 0.3) is 32.9 Å². The second-order valence-corrected chi connectivity index (χ2v) is 7.06. The summed E-state index contributed by atoms with van der Waals surface area (Å²) < 4.78 is 5.60. The van der Waals surface area contributed by atoms with Gasteiger partial charge < -0.3 is 20.8 Å². The molecule has 142 valence electrons. The number of benzene rings is 1. The van der Waals surface area contributed by atoms with Gasteiger partial charge in [0.25, 0.3) is 5.91 Å². The lowest BCUT2D eigenvalue weighted by Crippen LogP contribution is -2.31. The number of ether oxygens (including phenoxy) is 1. The Labute approximate surface area is 160 Å². The summed E-state index contributed by atoms with van der Waals surface area (Å²) in [7, 11) is 0. The quantitative estimate of drug-likeness (QED) is 0.436. The topological polar surface area (TPSA) is 122 Å². The normalized spacial score (nSPS) is 16.8. The third-order valence-electron chi connectivity index (χ3n) is 5.21. The number of nitrogen functional groups attached to an aromatic ring is 1. The highest BCUT2D eigenvalue weighted by Crippen LogP contribution is 2.32. The van der Waals surface area contributed by atoms with Gasteiger partial charge >= 0.3 is 0 Å². The molecule has 1 amide bonds. The van der Waals surface area contributed by atoms with Crippen molar-refractivity contribution in [1.82, 2.24) is 25.5 Å². The number of hydrogen-bond donors (Lipinski definition) is 4.